The van der Waals surface area contributed by atoms with Gasteiger partial charge in [-0.25, -0.2) is 0 Å². The third-order valence-electron chi connectivity index (χ3n) is 5.51. The first kappa shape index (κ1) is 20.1. The molecule has 4 rings (SSSR count). The number of hydrogen-bond donors (Lipinski definition) is 2. The number of anilines is 2. The van der Waals surface area contributed by atoms with Gasteiger partial charge in [-0.1, -0.05) is 30.3 Å². The van der Waals surface area contributed by atoms with Gasteiger partial charge in [0.2, 0.25) is 11.8 Å². The highest BCUT2D eigenvalue weighted by molar-refractivity contribution is 6.07. The van der Waals surface area contributed by atoms with Gasteiger partial charge < -0.3 is 20.3 Å². The Bertz CT molecular complexity index is 925. The first-order chi connectivity index (χ1) is 14.6. The van der Waals surface area contributed by atoms with Crippen LogP contribution in [0, 0.1) is 5.92 Å². The molecule has 0 aromatic heterocycles. The summed E-state index contributed by atoms with van der Waals surface area (Å²) in [5.74, 6) is -1.07. The van der Waals surface area contributed by atoms with E-state index in [9.17, 15) is 14.4 Å². The predicted octanol–water partition coefficient (Wildman–Crippen LogP) is 2.59. The molecule has 2 aliphatic rings. The fourth-order valence-corrected chi connectivity index (χ4v) is 3.87. The highest BCUT2D eigenvalue weighted by atomic mass is 16.5. The van der Waals surface area contributed by atoms with Gasteiger partial charge in [-0.2, -0.15) is 0 Å². The van der Waals surface area contributed by atoms with Gasteiger partial charge in [-0.15, -0.1) is 0 Å². The molecule has 7 heteroatoms. The van der Waals surface area contributed by atoms with Crippen molar-refractivity contribution in [3.63, 3.8) is 0 Å². The summed E-state index contributed by atoms with van der Waals surface area (Å²) in [7, 11) is 0. The molecule has 0 saturated carbocycles. The van der Waals surface area contributed by atoms with Crippen LogP contribution < -0.4 is 15.5 Å². The quantitative estimate of drug-likeness (QED) is 0.771. The van der Waals surface area contributed by atoms with Crippen molar-refractivity contribution in [3.8, 4) is 0 Å². The summed E-state index contributed by atoms with van der Waals surface area (Å²) >= 11 is 0. The van der Waals surface area contributed by atoms with E-state index in [2.05, 4.69) is 10.6 Å². The van der Waals surface area contributed by atoms with Crippen LogP contribution in [0.4, 0.5) is 11.4 Å². The summed E-state index contributed by atoms with van der Waals surface area (Å²) in [4.78, 5) is 39.5. The van der Waals surface area contributed by atoms with E-state index >= 15 is 0 Å². The molecule has 2 aliphatic heterocycles. The molecule has 2 N–H and O–H groups in total. The maximum Gasteiger partial charge on any atom is 0.253 e. The number of para-hydroxylation sites is 2. The Morgan fingerprint density at radius 1 is 1.07 bits per heavy atom. The van der Waals surface area contributed by atoms with Crippen molar-refractivity contribution in [1.82, 2.24) is 5.32 Å². The Kier molecular flexibility index (Phi) is 6.09. The lowest BCUT2D eigenvalue weighted by Gasteiger charge is -2.17. The zero-order valence-corrected chi connectivity index (χ0v) is 16.7. The number of ether oxygens (including phenoxy) is 1. The van der Waals surface area contributed by atoms with Gasteiger partial charge >= 0.3 is 0 Å². The van der Waals surface area contributed by atoms with Crippen LogP contribution in [-0.2, 0) is 14.3 Å². The van der Waals surface area contributed by atoms with Crippen LogP contribution in [0.2, 0.25) is 0 Å². The zero-order valence-electron chi connectivity index (χ0n) is 16.7. The van der Waals surface area contributed by atoms with Gasteiger partial charge in [0.25, 0.3) is 5.91 Å². The molecule has 0 spiro atoms. The van der Waals surface area contributed by atoms with E-state index in [-0.39, 0.29) is 30.2 Å². The van der Waals surface area contributed by atoms with Crippen LogP contribution in [0.3, 0.4) is 0 Å². The van der Waals surface area contributed by atoms with E-state index in [0.717, 1.165) is 25.1 Å². The van der Waals surface area contributed by atoms with E-state index in [1.165, 1.54) is 0 Å². The molecule has 3 amide bonds. The normalized spacial score (nSPS) is 20.9. The molecule has 0 radical (unpaired) electrons. The molecule has 156 valence electrons. The standard InChI is InChI=1S/C23H25N3O4/c27-21-13-16(15-26(21)17-7-2-1-3-8-17)22(28)25-20-11-5-4-10-19(20)23(29)24-14-18-9-6-12-30-18/h1-5,7-8,10-11,16,18H,6,9,12-15H2,(H,24,29)(H,25,28)/t16-,18+/m0/s1. The fourth-order valence-electron chi connectivity index (χ4n) is 3.87. The number of nitrogens with one attached hydrogen (secondary N) is 2. The Morgan fingerprint density at radius 3 is 2.60 bits per heavy atom. The molecule has 2 aromatic rings. The van der Waals surface area contributed by atoms with Gasteiger partial charge in [0.15, 0.2) is 0 Å². The van der Waals surface area contributed by atoms with Crippen molar-refractivity contribution in [1.29, 1.82) is 0 Å². The van der Waals surface area contributed by atoms with E-state index in [4.69, 9.17) is 4.74 Å². The zero-order chi connectivity index (χ0) is 20.9. The monoisotopic (exact) mass is 407 g/mol. The van der Waals surface area contributed by atoms with Crippen molar-refractivity contribution in [2.24, 2.45) is 5.92 Å². The average molecular weight is 407 g/mol. The van der Waals surface area contributed by atoms with Crippen LogP contribution in [-0.4, -0.2) is 43.5 Å². The Hall–Kier alpha value is -3.19. The van der Waals surface area contributed by atoms with Crippen LogP contribution >= 0.6 is 0 Å². The van der Waals surface area contributed by atoms with Crippen LogP contribution in [0.5, 0.6) is 0 Å². The minimum absolute atomic E-state index is 0.0455. The minimum atomic E-state index is -0.472. The minimum Gasteiger partial charge on any atom is -0.376 e. The summed E-state index contributed by atoms with van der Waals surface area (Å²) in [6.07, 6.45) is 2.14. The molecule has 2 saturated heterocycles. The SMILES string of the molecule is O=C(NC[C@H]1CCCO1)c1ccccc1NC(=O)[C@H]1CC(=O)N(c2ccccc2)C1. The molecule has 2 fully saturated rings. The number of rotatable bonds is 6. The molecular formula is C23H25N3O4. The second kappa shape index (κ2) is 9.09. The molecule has 2 heterocycles. The van der Waals surface area contributed by atoms with Gasteiger partial charge in [0.05, 0.1) is 23.3 Å². The van der Waals surface area contributed by atoms with Crippen molar-refractivity contribution in [2.75, 3.05) is 29.9 Å². The summed E-state index contributed by atoms with van der Waals surface area (Å²) in [6.45, 7) is 1.50. The molecule has 30 heavy (non-hydrogen) atoms. The highest BCUT2D eigenvalue weighted by Gasteiger charge is 2.35. The van der Waals surface area contributed by atoms with Crippen molar-refractivity contribution in [3.05, 3.63) is 60.2 Å². The number of benzene rings is 2. The van der Waals surface area contributed by atoms with Crippen molar-refractivity contribution in [2.45, 2.75) is 25.4 Å². The highest BCUT2D eigenvalue weighted by Crippen LogP contribution is 2.26. The first-order valence-electron chi connectivity index (χ1n) is 10.3. The number of carbonyl (C=O) groups is 3. The van der Waals surface area contributed by atoms with Crippen molar-refractivity contribution < 1.29 is 19.1 Å². The summed E-state index contributed by atoms with van der Waals surface area (Å²) in [5, 5.41) is 5.73. The third-order valence-corrected chi connectivity index (χ3v) is 5.51. The van der Waals surface area contributed by atoms with Crippen LogP contribution in [0.25, 0.3) is 0 Å². The Labute approximate surface area is 175 Å². The second-order valence-electron chi connectivity index (χ2n) is 7.62. The molecule has 0 unspecified atom stereocenters. The maximum atomic E-state index is 12.8. The topological polar surface area (TPSA) is 87.7 Å². The molecule has 0 bridgehead atoms. The van der Waals surface area contributed by atoms with Gasteiger partial charge in [-0.3, -0.25) is 14.4 Å². The first-order valence-corrected chi connectivity index (χ1v) is 10.3. The molecule has 7 nitrogen and oxygen atoms in total. The van der Waals surface area contributed by atoms with Gasteiger partial charge in [-0.05, 0) is 37.1 Å². The summed E-state index contributed by atoms with van der Waals surface area (Å²) in [6, 6.07) is 16.2. The molecular weight excluding hydrogens is 382 g/mol. The average Bonchev–Trinajstić information content (AvgIpc) is 3.43. The number of amides is 3. The van der Waals surface area contributed by atoms with E-state index in [0.29, 0.717) is 24.3 Å². The maximum absolute atomic E-state index is 12.8. The smallest absolute Gasteiger partial charge is 0.253 e. The van der Waals surface area contributed by atoms with Crippen molar-refractivity contribution >= 4 is 29.1 Å². The summed E-state index contributed by atoms with van der Waals surface area (Å²) < 4.78 is 5.54. The second-order valence-corrected chi connectivity index (χ2v) is 7.62. The summed E-state index contributed by atoms with van der Waals surface area (Å²) in [5.41, 5.74) is 1.62. The van der Waals surface area contributed by atoms with Gasteiger partial charge in [0.1, 0.15) is 0 Å². The van der Waals surface area contributed by atoms with E-state index in [1.807, 2.05) is 30.3 Å². The lowest BCUT2D eigenvalue weighted by atomic mass is 10.1. The molecule has 2 atom stereocenters. The third kappa shape index (κ3) is 4.52. The largest absolute Gasteiger partial charge is 0.376 e. The number of nitrogens with zero attached hydrogens (tertiary/aromatic N) is 1. The van der Waals surface area contributed by atoms with Crippen LogP contribution in [0.1, 0.15) is 29.6 Å². The lowest BCUT2D eigenvalue weighted by molar-refractivity contribution is -0.122. The number of carbonyl (C=O) groups excluding carboxylic acids is 3. The predicted molar refractivity (Wildman–Crippen MR) is 113 cm³/mol. The van der Waals surface area contributed by atoms with Gasteiger partial charge in [0, 0.05) is 31.8 Å². The molecule has 2 aromatic carbocycles. The van der Waals surface area contributed by atoms with E-state index in [1.54, 1.807) is 29.2 Å². The molecule has 0 aliphatic carbocycles. The van der Waals surface area contributed by atoms with Crippen LogP contribution in [0.15, 0.2) is 54.6 Å². The number of hydrogen-bond acceptors (Lipinski definition) is 4. The van der Waals surface area contributed by atoms with E-state index < -0.39 is 5.92 Å². The Morgan fingerprint density at radius 2 is 1.83 bits per heavy atom. The fraction of sp³-hybridized carbons (Fsp3) is 0.348. The Balaban J connectivity index is 1.40. The lowest BCUT2D eigenvalue weighted by Crippen LogP contribution is -2.33.